The largest absolute Gasteiger partial charge is 0.497 e. The van der Waals surface area contributed by atoms with E-state index in [4.69, 9.17) is 16.3 Å². The van der Waals surface area contributed by atoms with Crippen LogP contribution in [0.25, 0.3) is 0 Å². The molecule has 2 aromatic carbocycles. The molecule has 3 N–H and O–H groups in total. The molecule has 0 saturated carbocycles. The van der Waals surface area contributed by atoms with Crippen LogP contribution in [0.2, 0.25) is 5.02 Å². The fraction of sp³-hybridized carbons (Fsp3) is 0.235. The molecule has 5 nitrogen and oxygen atoms in total. The summed E-state index contributed by atoms with van der Waals surface area (Å²) in [5.74, 6) is 0.709. The molecule has 2 amide bonds. The van der Waals surface area contributed by atoms with Crippen LogP contribution < -0.4 is 15.4 Å². The van der Waals surface area contributed by atoms with E-state index >= 15 is 0 Å². The zero-order chi connectivity index (χ0) is 16.8. The summed E-state index contributed by atoms with van der Waals surface area (Å²) >= 11 is 6.06. The Kier molecular flexibility index (Phi) is 5.84. The second-order valence-corrected chi connectivity index (χ2v) is 5.51. The van der Waals surface area contributed by atoms with Crippen LogP contribution in [-0.4, -0.2) is 24.8 Å². The first kappa shape index (κ1) is 17.1. The number of carbonyl (C=O) groups excluding carboxylic acids is 1. The van der Waals surface area contributed by atoms with Gasteiger partial charge >= 0.3 is 6.03 Å². The van der Waals surface area contributed by atoms with Crippen molar-refractivity contribution in [3.63, 3.8) is 0 Å². The summed E-state index contributed by atoms with van der Waals surface area (Å²) in [6, 6.07) is 11.9. The van der Waals surface area contributed by atoms with E-state index in [1.165, 1.54) is 0 Å². The second-order valence-electron chi connectivity index (χ2n) is 5.11. The quantitative estimate of drug-likeness (QED) is 0.783. The Morgan fingerprint density at radius 3 is 2.57 bits per heavy atom. The van der Waals surface area contributed by atoms with E-state index in [0.717, 1.165) is 5.56 Å². The topological polar surface area (TPSA) is 70.6 Å². The van der Waals surface area contributed by atoms with Crippen LogP contribution in [0.1, 0.15) is 17.2 Å². The van der Waals surface area contributed by atoms with Gasteiger partial charge in [0.25, 0.3) is 0 Å². The number of hydrogen-bond donors (Lipinski definition) is 3. The summed E-state index contributed by atoms with van der Waals surface area (Å²) in [5.41, 5.74) is 2.23. The predicted molar refractivity (Wildman–Crippen MR) is 91.2 cm³/mol. The maximum atomic E-state index is 11.9. The van der Waals surface area contributed by atoms with Gasteiger partial charge < -0.3 is 20.5 Å². The number of nitrogens with one attached hydrogen (secondary N) is 2. The van der Waals surface area contributed by atoms with Crippen LogP contribution in [0.3, 0.4) is 0 Å². The molecule has 0 radical (unpaired) electrons. The Bertz CT molecular complexity index is 674. The summed E-state index contributed by atoms with van der Waals surface area (Å²) in [7, 11) is 1.58. The zero-order valence-electron chi connectivity index (χ0n) is 13.0. The van der Waals surface area contributed by atoms with Crippen LogP contribution in [-0.2, 0) is 0 Å². The minimum absolute atomic E-state index is 0.0850. The van der Waals surface area contributed by atoms with E-state index in [1.807, 2.05) is 13.0 Å². The lowest BCUT2D eigenvalue weighted by Crippen LogP contribution is -2.32. The lowest BCUT2D eigenvalue weighted by atomic mass is 10.1. The first-order chi connectivity index (χ1) is 11.0. The molecule has 2 rings (SSSR count). The van der Waals surface area contributed by atoms with Crippen LogP contribution in [0, 0.1) is 6.92 Å². The summed E-state index contributed by atoms with van der Waals surface area (Å²) in [5, 5.41) is 15.8. The zero-order valence-corrected chi connectivity index (χ0v) is 13.7. The summed E-state index contributed by atoms with van der Waals surface area (Å²) < 4.78 is 5.06. The lowest BCUT2D eigenvalue weighted by Gasteiger charge is -2.14. The van der Waals surface area contributed by atoms with Gasteiger partial charge in [-0.05, 0) is 42.3 Å². The molecule has 122 valence electrons. The molecular weight excluding hydrogens is 316 g/mol. The third-order valence-electron chi connectivity index (χ3n) is 3.33. The van der Waals surface area contributed by atoms with E-state index in [-0.39, 0.29) is 6.54 Å². The summed E-state index contributed by atoms with van der Waals surface area (Å²) in [4.78, 5) is 11.9. The van der Waals surface area contributed by atoms with E-state index in [0.29, 0.717) is 22.0 Å². The van der Waals surface area contributed by atoms with Gasteiger partial charge in [-0.2, -0.15) is 0 Å². The SMILES string of the molecule is COc1ccc(C(O)CNC(=O)Nc2ccc(C)cc2Cl)cc1. The summed E-state index contributed by atoms with van der Waals surface area (Å²) in [6.45, 7) is 2.00. The molecule has 0 aliphatic rings. The van der Waals surface area contributed by atoms with Gasteiger partial charge in [-0.15, -0.1) is 0 Å². The number of urea groups is 1. The van der Waals surface area contributed by atoms with Gasteiger partial charge in [-0.1, -0.05) is 29.8 Å². The molecule has 23 heavy (non-hydrogen) atoms. The fourth-order valence-electron chi connectivity index (χ4n) is 2.02. The Morgan fingerprint density at radius 2 is 1.96 bits per heavy atom. The van der Waals surface area contributed by atoms with Crippen molar-refractivity contribution in [3.05, 3.63) is 58.6 Å². The number of hydrogen-bond acceptors (Lipinski definition) is 3. The minimum Gasteiger partial charge on any atom is -0.497 e. The molecule has 0 saturated heterocycles. The van der Waals surface area contributed by atoms with Crippen molar-refractivity contribution in [2.75, 3.05) is 19.0 Å². The number of aliphatic hydroxyl groups is 1. The molecule has 1 atom stereocenters. The van der Waals surface area contributed by atoms with E-state index in [2.05, 4.69) is 10.6 Å². The number of rotatable bonds is 5. The van der Waals surface area contributed by atoms with Crippen LogP contribution >= 0.6 is 11.6 Å². The summed E-state index contributed by atoms with van der Waals surface area (Å²) in [6.07, 6.45) is -0.805. The van der Waals surface area contributed by atoms with Crippen molar-refractivity contribution < 1.29 is 14.6 Å². The van der Waals surface area contributed by atoms with E-state index in [1.54, 1.807) is 43.5 Å². The number of halogens is 1. The van der Waals surface area contributed by atoms with E-state index in [9.17, 15) is 9.90 Å². The minimum atomic E-state index is -0.805. The highest BCUT2D eigenvalue weighted by molar-refractivity contribution is 6.33. The van der Waals surface area contributed by atoms with Crippen molar-refractivity contribution >= 4 is 23.3 Å². The van der Waals surface area contributed by atoms with Gasteiger partial charge in [0.15, 0.2) is 0 Å². The van der Waals surface area contributed by atoms with Gasteiger partial charge in [-0.3, -0.25) is 0 Å². The molecule has 6 heteroatoms. The average molecular weight is 335 g/mol. The maximum absolute atomic E-state index is 11.9. The molecular formula is C17H19ClN2O3. The number of amides is 2. The van der Waals surface area contributed by atoms with Gasteiger partial charge in [0.1, 0.15) is 5.75 Å². The first-order valence-corrected chi connectivity index (χ1v) is 7.50. The Morgan fingerprint density at radius 1 is 1.26 bits per heavy atom. The maximum Gasteiger partial charge on any atom is 0.319 e. The predicted octanol–water partition coefficient (Wildman–Crippen LogP) is 3.51. The molecule has 0 bridgehead atoms. The number of aryl methyl sites for hydroxylation is 1. The number of ether oxygens (including phenoxy) is 1. The molecule has 0 aliphatic carbocycles. The molecule has 2 aromatic rings. The third-order valence-corrected chi connectivity index (χ3v) is 3.64. The van der Waals surface area contributed by atoms with Crippen LogP contribution in [0.5, 0.6) is 5.75 Å². The average Bonchev–Trinajstić information content (AvgIpc) is 2.55. The second kappa shape index (κ2) is 7.85. The van der Waals surface area contributed by atoms with Crippen molar-refractivity contribution in [3.8, 4) is 5.75 Å². The Balaban J connectivity index is 1.87. The van der Waals surface area contributed by atoms with Crippen LogP contribution in [0.4, 0.5) is 10.5 Å². The smallest absolute Gasteiger partial charge is 0.319 e. The van der Waals surface area contributed by atoms with Crippen molar-refractivity contribution in [1.29, 1.82) is 0 Å². The lowest BCUT2D eigenvalue weighted by molar-refractivity contribution is 0.175. The van der Waals surface area contributed by atoms with Crippen molar-refractivity contribution in [2.24, 2.45) is 0 Å². The third kappa shape index (κ3) is 4.87. The van der Waals surface area contributed by atoms with Gasteiger partial charge in [0, 0.05) is 6.54 Å². The highest BCUT2D eigenvalue weighted by Gasteiger charge is 2.11. The van der Waals surface area contributed by atoms with E-state index < -0.39 is 12.1 Å². The molecule has 0 aromatic heterocycles. The number of methoxy groups -OCH3 is 1. The fourth-order valence-corrected chi connectivity index (χ4v) is 2.30. The van der Waals surface area contributed by atoms with Gasteiger partial charge in [-0.25, -0.2) is 4.79 Å². The molecule has 0 heterocycles. The normalized spacial score (nSPS) is 11.7. The molecule has 0 spiro atoms. The standard InChI is InChI=1S/C17H19ClN2O3/c1-11-3-8-15(14(18)9-11)20-17(22)19-10-16(21)12-4-6-13(23-2)7-5-12/h3-9,16,21H,10H2,1-2H3,(H2,19,20,22). The first-order valence-electron chi connectivity index (χ1n) is 7.12. The number of aliphatic hydroxyl groups excluding tert-OH is 1. The number of benzene rings is 2. The Hall–Kier alpha value is -2.24. The highest BCUT2D eigenvalue weighted by Crippen LogP contribution is 2.22. The molecule has 0 fully saturated rings. The highest BCUT2D eigenvalue weighted by atomic mass is 35.5. The Labute approximate surface area is 140 Å². The van der Waals surface area contributed by atoms with Gasteiger partial charge in [0.05, 0.1) is 23.9 Å². The number of anilines is 1. The van der Waals surface area contributed by atoms with Gasteiger partial charge in [0.2, 0.25) is 0 Å². The molecule has 0 aliphatic heterocycles. The van der Waals surface area contributed by atoms with Crippen molar-refractivity contribution in [1.82, 2.24) is 5.32 Å². The van der Waals surface area contributed by atoms with Crippen molar-refractivity contribution in [2.45, 2.75) is 13.0 Å². The van der Waals surface area contributed by atoms with Crippen LogP contribution in [0.15, 0.2) is 42.5 Å². The molecule has 1 unspecified atom stereocenters. The number of carbonyl (C=O) groups is 1. The monoisotopic (exact) mass is 334 g/mol.